The second kappa shape index (κ2) is 5.03. The fraction of sp³-hybridized carbons (Fsp3) is 0.0741. The molecule has 2 aliphatic rings. The predicted octanol–water partition coefficient (Wildman–Crippen LogP) is 6.34. The molecule has 29 heavy (non-hydrogen) atoms. The van der Waals surface area contributed by atoms with E-state index in [1.54, 1.807) is 0 Å². The van der Waals surface area contributed by atoms with Crippen LogP contribution in [0.4, 0.5) is 0 Å². The van der Waals surface area contributed by atoms with E-state index in [2.05, 4.69) is 102 Å². The number of aromatic nitrogens is 2. The van der Waals surface area contributed by atoms with Crippen LogP contribution in [-0.4, -0.2) is 9.55 Å². The Morgan fingerprint density at radius 3 is 2.28 bits per heavy atom. The Labute approximate surface area is 169 Å². The van der Waals surface area contributed by atoms with Gasteiger partial charge in [-0.05, 0) is 52.9 Å². The average molecular weight is 370 g/mol. The number of hydrogen-bond acceptors (Lipinski definition) is 1. The zero-order valence-electron chi connectivity index (χ0n) is 16.1. The van der Waals surface area contributed by atoms with Gasteiger partial charge in [-0.25, -0.2) is 4.98 Å². The number of fused-ring (bicyclic) bond motifs is 10. The summed E-state index contributed by atoms with van der Waals surface area (Å²) in [6.07, 6.45) is 0. The fourth-order valence-electron chi connectivity index (χ4n) is 5.61. The summed E-state index contributed by atoms with van der Waals surface area (Å²) in [6, 6.07) is 32.8. The van der Waals surface area contributed by atoms with Gasteiger partial charge in [0.25, 0.3) is 0 Å². The SMILES string of the molecule is CC12c3ccccc3-c3cccc(c31)-c1nc3ccccc3n1-c1ccccc12. The molecule has 1 aromatic heterocycles. The molecule has 0 fully saturated rings. The van der Waals surface area contributed by atoms with Crippen LogP contribution >= 0.6 is 0 Å². The summed E-state index contributed by atoms with van der Waals surface area (Å²) in [4.78, 5) is 5.11. The number of hydrogen-bond donors (Lipinski definition) is 0. The molecule has 5 aromatic rings. The zero-order valence-corrected chi connectivity index (χ0v) is 16.1. The molecule has 1 atom stereocenters. The Morgan fingerprint density at radius 1 is 0.655 bits per heavy atom. The van der Waals surface area contributed by atoms with Crippen molar-refractivity contribution in [1.82, 2.24) is 9.55 Å². The van der Waals surface area contributed by atoms with Gasteiger partial charge < -0.3 is 0 Å². The summed E-state index contributed by atoms with van der Waals surface area (Å²) in [7, 11) is 0. The molecular formula is C27H18N2. The molecule has 2 heterocycles. The summed E-state index contributed by atoms with van der Waals surface area (Å²) >= 11 is 0. The molecule has 0 spiro atoms. The Kier molecular flexibility index (Phi) is 2.66. The first kappa shape index (κ1) is 15.3. The van der Waals surface area contributed by atoms with E-state index in [0.717, 1.165) is 16.9 Å². The summed E-state index contributed by atoms with van der Waals surface area (Å²) < 4.78 is 2.35. The Morgan fingerprint density at radius 2 is 1.34 bits per heavy atom. The lowest BCUT2D eigenvalue weighted by molar-refractivity contribution is 0.715. The minimum Gasteiger partial charge on any atom is -0.292 e. The summed E-state index contributed by atoms with van der Waals surface area (Å²) in [5.41, 5.74) is 11.2. The topological polar surface area (TPSA) is 17.8 Å². The molecule has 7 rings (SSSR count). The van der Waals surface area contributed by atoms with Gasteiger partial charge in [-0.2, -0.15) is 0 Å². The fourth-order valence-corrected chi connectivity index (χ4v) is 5.61. The van der Waals surface area contributed by atoms with Crippen LogP contribution < -0.4 is 0 Å². The minimum atomic E-state index is -0.207. The van der Waals surface area contributed by atoms with E-state index in [1.807, 2.05) is 0 Å². The lowest BCUT2D eigenvalue weighted by atomic mass is 9.72. The summed E-state index contributed by atoms with van der Waals surface area (Å²) in [5.74, 6) is 1.03. The zero-order chi connectivity index (χ0) is 19.2. The van der Waals surface area contributed by atoms with Crippen molar-refractivity contribution < 1.29 is 0 Å². The third-order valence-corrected chi connectivity index (χ3v) is 6.81. The van der Waals surface area contributed by atoms with Crippen LogP contribution in [0.3, 0.4) is 0 Å². The standard InChI is InChI=1S/C27H18N2/c1-27-20-12-3-2-9-17(20)18-10-8-11-19(25(18)27)26-28-22-14-5-7-16-24(22)29(26)23-15-6-4-13-21(23)27/h2-16H,1H3. The first-order chi connectivity index (χ1) is 14.3. The van der Waals surface area contributed by atoms with Gasteiger partial charge >= 0.3 is 0 Å². The summed E-state index contributed by atoms with van der Waals surface area (Å²) in [6.45, 7) is 2.38. The Balaban J connectivity index is 1.77. The molecule has 2 heteroatoms. The van der Waals surface area contributed by atoms with Crippen molar-refractivity contribution in [3.8, 4) is 28.2 Å². The highest BCUT2D eigenvalue weighted by molar-refractivity contribution is 5.94. The van der Waals surface area contributed by atoms with Crippen LogP contribution in [0.5, 0.6) is 0 Å². The molecule has 4 aromatic carbocycles. The lowest BCUT2D eigenvalue weighted by Crippen LogP contribution is -2.23. The molecule has 0 saturated carbocycles. The second-order valence-electron chi connectivity index (χ2n) is 8.18. The van der Waals surface area contributed by atoms with Gasteiger partial charge in [-0.3, -0.25) is 4.57 Å². The Hall–Kier alpha value is -3.65. The van der Waals surface area contributed by atoms with Gasteiger partial charge in [0, 0.05) is 11.0 Å². The highest BCUT2D eigenvalue weighted by atomic mass is 15.1. The predicted molar refractivity (Wildman–Crippen MR) is 117 cm³/mol. The van der Waals surface area contributed by atoms with Gasteiger partial charge in [0.15, 0.2) is 0 Å². The van der Waals surface area contributed by atoms with E-state index < -0.39 is 0 Å². The Bertz CT molecular complexity index is 1470. The van der Waals surface area contributed by atoms with Gasteiger partial charge in [-0.1, -0.05) is 72.8 Å². The molecule has 0 N–H and O–H groups in total. The van der Waals surface area contributed by atoms with Gasteiger partial charge in [-0.15, -0.1) is 0 Å². The quantitative estimate of drug-likeness (QED) is 0.311. The van der Waals surface area contributed by atoms with Crippen molar-refractivity contribution in [2.75, 3.05) is 0 Å². The molecule has 0 saturated heterocycles. The molecule has 2 nitrogen and oxygen atoms in total. The average Bonchev–Trinajstić information content (AvgIpc) is 3.26. The molecule has 1 aliphatic carbocycles. The van der Waals surface area contributed by atoms with Crippen LogP contribution in [0.25, 0.3) is 39.2 Å². The number of benzene rings is 4. The molecule has 0 radical (unpaired) electrons. The minimum absolute atomic E-state index is 0.207. The van der Waals surface area contributed by atoms with Crippen LogP contribution in [0.2, 0.25) is 0 Å². The van der Waals surface area contributed by atoms with Crippen LogP contribution in [0.1, 0.15) is 23.6 Å². The molecule has 1 aliphatic heterocycles. The third-order valence-electron chi connectivity index (χ3n) is 6.81. The van der Waals surface area contributed by atoms with Crippen LogP contribution in [0, 0.1) is 0 Å². The first-order valence-electron chi connectivity index (χ1n) is 10.1. The largest absolute Gasteiger partial charge is 0.292 e. The van der Waals surface area contributed by atoms with Crippen molar-refractivity contribution in [2.24, 2.45) is 0 Å². The van der Waals surface area contributed by atoms with Crippen molar-refractivity contribution in [2.45, 2.75) is 12.3 Å². The lowest BCUT2D eigenvalue weighted by Gasteiger charge is -2.29. The second-order valence-corrected chi connectivity index (χ2v) is 8.18. The van der Waals surface area contributed by atoms with Gasteiger partial charge in [0.1, 0.15) is 5.82 Å². The maximum absolute atomic E-state index is 5.11. The van der Waals surface area contributed by atoms with Crippen LogP contribution in [0.15, 0.2) is 91.0 Å². The smallest absolute Gasteiger partial charge is 0.146 e. The molecule has 136 valence electrons. The van der Waals surface area contributed by atoms with E-state index >= 15 is 0 Å². The highest BCUT2D eigenvalue weighted by Crippen LogP contribution is 2.58. The number of rotatable bonds is 0. The van der Waals surface area contributed by atoms with Crippen molar-refractivity contribution >= 4 is 11.0 Å². The van der Waals surface area contributed by atoms with E-state index in [9.17, 15) is 0 Å². The normalized spacial score (nSPS) is 18.0. The highest BCUT2D eigenvalue weighted by Gasteiger charge is 2.46. The molecule has 1 unspecified atom stereocenters. The molecule has 0 amide bonds. The third kappa shape index (κ3) is 1.67. The monoisotopic (exact) mass is 370 g/mol. The number of para-hydroxylation sites is 3. The first-order valence-corrected chi connectivity index (χ1v) is 10.1. The van der Waals surface area contributed by atoms with Crippen molar-refractivity contribution in [1.29, 1.82) is 0 Å². The molecular weight excluding hydrogens is 352 g/mol. The van der Waals surface area contributed by atoms with E-state index in [4.69, 9.17) is 4.98 Å². The van der Waals surface area contributed by atoms with E-state index in [1.165, 1.54) is 39.1 Å². The van der Waals surface area contributed by atoms with E-state index in [-0.39, 0.29) is 5.41 Å². The molecule has 0 bridgehead atoms. The van der Waals surface area contributed by atoms with Crippen molar-refractivity contribution in [3.63, 3.8) is 0 Å². The van der Waals surface area contributed by atoms with Gasteiger partial charge in [0.05, 0.1) is 16.7 Å². The number of imidazole rings is 1. The van der Waals surface area contributed by atoms with Gasteiger partial charge in [0.2, 0.25) is 0 Å². The number of nitrogens with zero attached hydrogens (tertiary/aromatic N) is 2. The van der Waals surface area contributed by atoms with Crippen LogP contribution in [-0.2, 0) is 5.41 Å². The maximum Gasteiger partial charge on any atom is 0.146 e. The maximum atomic E-state index is 5.11. The van der Waals surface area contributed by atoms with E-state index in [0.29, 0.717) is 0 Å². The summed E-state index contributed by atoms with van der Waals surface area (Å²) in [5, 5.41) is 0. The van der Waals surface area contributed by atoms with Crippen molar-refractivity contribution in [3.05, 3.63) is 108 Å².